The monoisotopic (exact) mass is 360 g/mol. The molecule has 146 valence electrons. The Morgan fingerprint density at radius 2 is 1.46 bits per heavy atom. The van der Waals surface area contributed by atoms with Crippen LogP contribution in [-0.4, -0.2) is 32.0 Å². The van der Waals surface area contributed by atoms with Crippen molar-refractivity contribution in [3.05, 3.63) is 0 Å². The molecule has 1 aliphatic rings. The van der Waals surface area contributed by atoms with Gasteiger partial charge in [0.25, 0.3) is 0 Å². The Hall–Kier alpha value is 0.270. The average molecular weight is 361 g/mol. The van der Waals surface area contributed by atoms with Crippen molar-refractivity contribution in [2.45, 2.75) is 127 Å². The zero-order valence-electron chi connectivity index (χ0n) is 16.6. The summed E-state index contributed by atoms with van der Waals surface area (Å²) in [5.41, 5.74) is 0. The lowest BCUT2D eigenvalue weighted by molar-refractivity contribution is 0.181. The van der Waals surface area contributed by atoms with Gasteiger partial charge in [0, 0.05) is 10.5 Å². The molecule has 0 saturated heterocycles. The molecule has 0 heterocycles. The highest BCUT2D eigenvalue weighted by atomic mass is 32.3. The topological polar surface area (TPSA) is 40.5 Å². The second-order valence-electron chi connectivity index (χ2n) is 7.96. The van der Waals surface area contributed by atoms with Gasteiger partial charge in [-0.2, -0.15) is 0 Å². The molecule has 24 heavy (non-hydrogen) atoms. The molecule has 0 radical (unpaired) electrons. The normalized spacial score (nSPS) is 22.7. The Labute approximate surface area is 153 Å². The van der Waals surface area contributed by atoms with E-state index < -0.39 is 10.3 Å². The van der Waals surface area contributed by atoms with E-state index in [1.54, 1.807) is 0 Å². The summed E-state index contributed by atoms with van der Waals surface area (Å²) in [5.74, 6) is 0.968. The molecule has 0 aliphatic heterocycles. The van der Waals surface area contributed by atoms with Crippen LogP contribution in [0.25, 0.3) is 0 Å². The lowest BCUT2D eigenvalue weighted by Crippen LogP contribution is -2.38. The van der Waals surface area contributed by atoms with Crippen LogP contribution in [-0.2, 0) is 0 Å². The molecular weight excluding hydrogens is 316 g/mol. The molecule has 2 nitrogen and oxygen atoms in total. The predicted molar refractivity (Wildman–Crippen MR) is 110 cm³/mol. The van der Waals surface area contributed by atoms with Crippen molar-refractivity contribution in [3.63, 3.8) is 0 Å². The quantitative estimate of drug-likeness (QED) is 0.351. The fraction of sp³-hybridized carbons (Fsp3) is 1.00. The van der Waals surface area contributed by atoms with Gasteiger partial charge in [0.15, 0.2) is 0 Å². The molecule has 1 rings (SSSR count). The van der Waals surface area contributed by atoms with Gasteiger partial charge in [-0.3, -0.25) is 0 Å². The lowest BCUT2D eigenvalue weighted by Gasteiger charge is -2.50. The van der Waals surface area contributed by atoms with Crippen LogP contribution in [0, 0.1) is 0 Å². The Kier molecular flexibility index (Phi) is 11.7. The van der Waals surface area contributed by atoms with Gasteiger partial charge in [-0.25, -0.2) is 0 Å². The third kappa shape index (κ3) is 7.25. The Morgan fingerprint density at radius 3 is 2.04 bits per heavy atom. The van der Waals surface area contributed by atoms with Crippen molar-refractivity contribution >= 4 is 10.3 Å². The molecule has 3 unspecified atom stereocenters. The predicted octanol–water partition coefficient (Wildman–Crippen LogP) is 6.90. The van der Waals surface area contributed by atoms with Gasteiger partial charge in [0.1, 0.15) is 0 Å². The van der Waals surface area contributed by atoms with Crippen LogP contribution < -0.4 is 0 Å². The highest BCUT2D eigenvalue weighted by Gasteiger charge is 2.40. The standard InChI is InChI=1S/C21H44O2S/c1-4-6-8-9-13-17-21(19(3)22)24(23,18-14-7-5-2)20-15-11-10-12-16-20/h19-23H,4-18H2,1-3H3. The van der Waals surface area contributed by atoms with Crippen molar-refractivity contribution in [1.29, 1.82) is 0 Å². The third-order valence-electron chi connectivity index (χ3n) is 5.86. The maximum atomic E-state index is 11.8. The first-order valence-corrected chi connectivity index (χ1v) is 12.6. The van der Waals surface area contributed by atoms with E-state index in [0.29, 0.717) is 5.25 Å². The van der Waals surface area contributed by atoms with Crippen LogP contribution in [0.4, 0.5) is 0 Å². The molecular formula is C21H44O2S. The fourth-order valence-electron chi connectivity index (χ4n) is 4.36. The number of aliphatic hydroxyl groups excluding tert-OH is 1. The molecule has 0 spiro atoms. The first-order chi connectivity index (χ1) is 11.6. The van der Waals surface area contributed by atoms with Crippen molar-refractivity contribution in [2.24, 2.45) is 0 Å². The van der Waals surface area contributed by atoms with E-state index in [-0.39, 0.29) is 11.4 Å². The smallest absolute Gasteiger partial charge is 0.0636 e. The number of aliphatic hydroxyl groups is 1. The number of hydrogen-bond donors (Lipinski definition) is 2. The second kappa shape index (κ2) is 12.6. The van der Waals surface area contributed by atoms with E-state index in [0.717, 1.165) is 18.6 Å². The van der Waals surface area contributed by atoms with Crippen molar-refractivity contribution in [2.75, 3.05) is 5.75 Å². The van der Waals surface area contributed by atoms with Gasteiger partial charge in [-0.05, 0) is 38.4 Å². The van der Waals surface area contributed by atoms with Crippen LogP contribution in [0.2, 0.25) is 0 Å². The van der Waals surface area contributed by atoms with Gasteiger partial charge in [-0.1, -0.05) is 78.1 Å². The first-order valence-electron chi connectivity index (χ1n) is 10.8. The van der Waals surface area contributed by atoms with Crippen LogP contribution in [0.15, 0.2) is 0 Å². The summed E-state index contributed by atoms with van der Waals surface area (Å²) in [7, 11) is -1.70. The maximum absolute atomic E-state index is 11.8. The minimum atomic E-state index is -1.70. The summed E-state index contributed by atoms with van der Waals surface area (Å²) in [6, 6.07) is 0. The molecule has 0 amide bonds. The summed E-state index contributed by atoms with van der Waals surface area (Å²) >= 11 is 0. The van der Waals surface area contributed by atoms with E-state index in [9.17, 15) is 9.66 Å². The molecule has 3 atom stereocenters. The van der Waals surface area contributed by atoms with E-state index in [2.05, 4.69) is 13.8 Å². The van der Waals surface area contributed by atoms with Crippen molar-refractivity contribution < 1.29 is 9.66 Å². The molecule has 1 saturated carbocycles. The van der Waals surface area contributed by atoms with Crippen molar-refractivity contribution in [1.82, 2.24) is 0 Å². The van der Waals surface area contributed by atoms with E-state index in [4.69, 9.17) is 0 Å². The number of hydrogen-bond acceptors (Lipinski definition) is 2. The molecule has 0 aromatic heterocycles. The molecule has 3 heteroatoms. The van der Waals surface area contributed by atoms with Gasteiger partial charge in [0.05, 0.1) is 6.10 Å². The molecule has 1 aliphatic carbocycles. The SMILES string of the molecule is CCCCCCCC(C(C)O)S(O)(CCCCC)C1CCCCC1. The number of unbranched alkanes of at least 4 members (excludes halogenated alkanes) is 6. The zero-order chi connectivity index (χ0) is 17.8. The Balaban J connectivity index is 2.72. The minimum absolute atomic E-state index is 0.138. The van der Waals surface area contributed by atoms with Gasteiger partial charge < -0.3 is 9.66 Å². The van der Waals surface area contributed by atoms with E-state index in [1.807, 2.05) is 6.92 Å². The second-order valence-corrected chi connectivity index (χ2v) is 11.3. The third-order valence-corrected chi connectivity index (χ3v) is 10.1. The molecule has 2 N–H and O–H groups in total. The molecule has 0 bridgehead atoms. The van der Waals surface area contributed by atoms with Gasteiger partial charge >= 0.3 is 0 Å². The molecule has 0 aromatic carbocycles. The maximum Gasteiger partial charge on any atom is 0.0636 e. The summed E-state index contributed by atoms with van der Waals surface area (Å²) < 4.78 is 11.8. The molecule has 1 fully saturated rings. The average Bonchev–Trinajstić information content (AvgIpc) is 2.58. The molecule has 0 aromatic rings. The van der Waals surface area contributed by atoms with Gasteiger partial charge in [-0.15, -0.1) is 10.3 Å². The zero-order valence-corrected chi connectivity index (χ0v) is 17.5. The Morgan fingerprint density at radius 1 is 0.875 bits per heavy atom. The van der Waals surface area contributed by atoms with Crippen LogP contribution in [0.1, 0.15) is 111 Å². The lowest BCUT2D eigenvalue weighted by atomic mass is 10.0. The summed E-state index contributed by atoms with van der Waals surface area (Å²) in [4.78, 5) is 0. The first kappa shape index (κ1) is 22.3. The summed E-state index contributed by atoms with van der Waals surface area (Å²) in [6.07, 6.45) is 16.8. The van der Waals surface area contributed by atoms with Crippen LogP contribution in [0.3, 0.4) is 0 Å². The highest BCUT2D eigenvalue weighted by molar-refractivity contribution is 8.30. The fourth-order valence-corrected chi connectivity index (χ4v) is 8.56. The van der Waals surface area contributed by atoms with E-state index in [1.165, 1.54) is 77.0 Å². The van der Waals surface area contributed by atoms with Crippen LogP contribution in [0.5, 0.6) is 0 Å². The summed E-state index contributed by atoms with van der Waals surface area (Å²) in [6.45, 7) is 6.41. The number of rotatable bonds is 13. The summed E-state index contributed by atoms with van der Waals surface area (Å²) in [5, 5.41) is 11.1. The van der Waals surface area contributed by atoms with Crippen LogP contribution >= 0.6 is 10.3 Å². The highest BCUT2D eigenvalue weighted by Crippen LogP contribution is 2.60. The van der Waals surface area contributed by atoms with Gasteiger partial charge in [0.2, 0.25) is 0 Å². The minimum Gasteiger partial charge on any atom is -0.392 e. The largest absolute Gasteiger partial charge is 0.392 e. The Bertz CT molecular complexity index is 302. The van der Waals surface area contributed by atoms with E-state index >= 15 is 0 Å². The van der Waals surface area contributed by atoms with Crippen molar-refractivity contribution in [3.8, 4) is 0 Å².